The van der Waals surface area contributed by atoms with Crippen LogP contribution in [0.15, 0.2) is 48.7 Å². The maximum absolute atomic E-state index is 11.3. The standard InChI is InChI=1S/C16H19NO2.C3H8/c1-5-6-14(11-16(18)19-4)9-12(2)15-7-8-17-13(3)10-15;1-3-2/h5-10H,2,11H2,1,3-4H3;3H2,1-2H3/b6-5-,14-9+;. The summed E-state index contributed by atoms with van der Waals surface area (Å²) >= 11 is 0. The van der Waals surface area contributed by atoms with Crippen molar-refractivity contribution in [2.75, 3.05) is 7.11 Å². The van der Waals surface area contributed by atoms with E-state index in [2.05, 4.69) is 30.1 Å². The number of allylic oxidation sites excluding steroid dienone is 4. The molecule has 3 heteroatoms. The second-order valence-corrected chi connectivity index (χ2v) is 4.89. The van der Waals surface area contributed by atoms with Crippen LogP contribution in [0, 0.1) is 6.92 Å². The average Bonchev–Trinajstić information content (AvgIpc) is 2.48. The fourth-order valence-electron chi connectivity index (χ4n) is 1.66. The lowest BCUT2D eigenvalue weighted by Gasteiger charge is -2.05. The van der Waals surface area contributed by atoms with E-state index in [4.69, 9.17) is 0 Å². The van der Waals surface area contributed by atoms with E-state index >= 15 is 0 Å². The number of hydrogen-bond acceptors (Lipinski definition) is 3. The number of hydrogen-bond donors (Lipinski definition) is 0. The van der Waals surface area contributed by atoms with Crippen LogP contribution >= 0.6 is 0 Å². The summed E-state index contributed by atoms with van der Waals surface area (Å²) in [4.78, 5) is 15.5. The number of pyridine rings is 1. The first-order valence-corrected chi connectivity index (χ1v) is 7.50. The number of esters is 1. The molecule has 0 radical (unpaired) electrons. The summed E-state index contributed by atoms with van der Waals surface area (Å²) in [6, 6.07) is 3.86. The number of aromatic nitrogens is 1. The quantitative estimate of drug-likeness (QED) is 0.574. The van der Waals surface area contributed by atoms with Crippen molar-refractivity contribution in [2.45, 2.75) is 40.5 Å². The first kappa shape index (κ1) is 19.8. The Kier molecular flexibility index (Phi) is 10.4. The molecule has 0 aromatic carbocycles. The summed E-state index contributed by atoms with van der Waals surface area (Å²) in [6.45, 7) is 12.1. The monoisotopic (exact) mass is 301 g/mol. The fourth-order valence-corrected chi connectivity index (χ4v) is 1.66. The van der Waals surface area contributed by atoms with Gasteiger partial charge in [-0.1, -0.05) is 45.1 Å². The molecule has 22 heavy (non-hydrogen) atoms. The average molecular weight is 301 g/mol. The van der Waals surface area contributed by atoms with Crippen molar-refractivity contribution < 1.29 is 9.53 Å². The molecule has 0 aliphatic rings. The van der Waals surface area contributed by atoms with Gasteiger partial charge in [0.15, 0.2) is 0 Å². The Bertz CT molecular complexity index is 542. The van der Waals surface area contributed by atoms with Crippen molar-refractivity contribution in [1.82, 2.24) is 4.98 Å². The highest BCUT2D eigenvalue weighted by Gasteiger charge is 2.05. The molecule has 0 saturated heterocycles. The Balaban J connectivity index is 0.00000135. The molecule has 0 amide bonds. The summed E-state index contributed by atoms with van der Waals surface area (Å²) in [5.41, 5.74) is 3.66. The minimum atomic E-state index is -0.261. The molecule has 0 aliphatic heterocycles. The highest BCUT2D eigenvalue weighted by atomic mass is 16.5. The molecule has 0 fully saturated rings. The van der Waals surface area contributed by atoms with Crippen molar-refractivity contribution in [3.63, 3.8) is 0 Å². The Morgan fingerprint density at radius 3 is 2.55 bits per heavy atom. The van der Waals surface area contributed by atoms with Gasteiger partial charge < -0.3 is 4.74 Å². The SMILES string of the molecule is C=C(/C=C(\C=C/C)CC(=O)OC)c1ccnc(C)c1.CCC. The molecule has 0 unspecified atom stereocenters. The highest BCUT2D eigenvalue weighted by molar-refractivity contribution is 5.78. The van der Waals surface area contributed by atoms with E-state index < -0.39 is 0 Å². The van der Waals surface area contributed by atoms with E-state index in [9.17, 15) is 4.79 Å². The number of nitrogens with zero attached hydrogens (tertiary/aromatic N) is 1. The summed E-state index contributed by atoms with van der Waals surface area (Å²) in [5, 5.41) is 0. The van der Waals surface area contributed by atoms with Gasteiger partial charge in [-0.05, 0) is 42.7 Å². The predicted molar refractivity (Wildman–Crippen MR) is 93.5 cm³/mol. The third-order valence-corrected chi connectivity index (χ3v) is 2.58. The zero-order valence-corrected chi connectivity index (χ0v) is 14.3. The molecular formula is C19H27NO2. The molecule has 1 heterocycles. The van der Waals surface area contributed by atoms with E-state index in [1.54, 1.807) is 6.20 Å². The predicted octanol–water partition coefficient (Wildman–Crippen LogP) is 4.89. The minimum Gasteiger partial charge on any atom is -0.469 e. The molecule has 1 aromatic heterocycles. The van der Waals surface area contributed by atoms with E-state index in [1.165, 1.54) is 13.5 Å². The molecular weight excluding hydrogens is 274 g/mol. The molecule has 0 saturated carbocycles. The van der Waals surface area contributed by atoms with Crippen LogP contribution in [0.25, 0.3) is 5.57 Å². The van der Waals surface area contributed by atoms with Crippen LogP contribution in [0.1, 0.15) is 44.9 Å². The molecule has 3 nitrogen and oxygen atoms in total. The molecule has 0 atom stereocenters. The van der Waals surface area contributed by atoms with Crippen LogP contribution in [0.3, 0.4) is 0 Å². The van der Waals surface area contributed by atoms with Gasteiger partial charge in [0.05, 0.1) is 13.5 Å². The smallest absolute Gasteiger partial charge is 0.309 e. The van der Waals surface area contributed by atoms with Crippen molar-refractivity contribution in [1.29, 1.82) is 0 Å². The zero-order valence-electron chi connectivity index (χ0n) is 14.3. The van der Waals surface area contributed by atoms with Gasteiger partial charge in [0.25, 0.3) is 0 Å². The van der Waals surface area contributed by atoms with E-state index in [-0.39, 0.29) is 12.4 Å². The van der Waals surface area contributed by atoms with Crippen LogP contribution in [0.5, 0.6) is 0 Å². The summed E-state index contributed by atoms with van der Waals surface area (Å²) in [6.07, 6.45) is 8.91. The van der Waals surface area contributed by atoms with Crippen LogP contribution < -0.4 is 0 Å². The third kappa shape index (κ3) is 8.20. The summed E-state index contributed by atoms with van der Waals surface area (Å²) in [7, 11) is 1.39. The van der Waals surface area contributed by atoms with E-state index in [1.807, 2.05) is 44.2 Å². The largest absolute Gasteiger partial charge is 0.469 e. The topological polar surface area (TPSA) is 39.2 Å². The van der Waals surface area contributed by atoms with Gasteiger partial charge in [-0.3, -0.25) is 9.78 Å². The second kappa shape index (κ2) is 11.5. The first-order chi connectivity index (χ1) is 10.5. The van der Waals surface area contributed by atoms with Gasteiger partial charge in [0.1, 0.15) is 0 Å². The first-order valence-electron chi connectivity index (χ1n) is 7.50. The molecule has 120 valence electrons. The zero-order chi connectivity index (χ0) is 17.0. The van der Waals surface area contributed by atoms with Crippen LogP contribution in [-0.4, -0.2) is 18.1 Å². The van der Waals surface area contributed by atoms with Crippen molar-refractivity contribution >= 4 is 11.5 Å². The van der Waals surface area contributed by atoms with E-state index in [0.717, 1.165) is 22.4 Å². The van der Waals surface area contributed by atoms with Crippen molar-refractivity contribution in [3.8, 4) is 0 Å². The molecule has 0 N–H and O–H groups in total. The lowest BCUT2D eigenvalue weighted by atomic mass is 10.0. The Morgan fingerprint density at radius 1 is 1.41 bits per heavy atom. The Morgan fingerprint density at radius 2 is 2.05 bits per heavy atom. The van der Waals surface area contributed by atoms with Crippen molar-refractivity contribution in [2.24, 2.45) is 0 Å². The molecule has 0 bridgehead atoms. The van der Waals surface area contributed by atoms with E-state index in [0.29, 0.717) is 0 Å². The normalized spacial score (nSPS) is 10.9. The van der Waals surface area contributed by atoms with Crippen molar-refractivity contribution in [3.05, 3.63) is 60.0 Å². The number of aryl methyl sites for hydroxylation is 1. The second-order valence-electron chi connectivity index (χ2n) is 4.89. The lowest BCUT2D eigenvalue weighted by molar-refractivity contribution is -0.139. The number of methoxy groups -OCH3 is 1. The minimum absolute atomic E-state index is 0.240. The maximum Gasteiger partial charge on any atom is 0.309 e. The van der Waals surface area contributed by atoms with Gasteiger partial charge >= 0.3 is 5.97 Å². The lowest BCUT2D eigenvalue weighted by Crippen LogP contribution is -2.01. The molecule has 1 rings (SSSR count). The Hall–Kier alpha value is -2.16. The maximum atomic E-state index is 11.3. The highest BCUT2D eigenvalue weighted by Crippen LogP contribution is 2.18. The summed E-state index contributed by atoms with van der Waals surface area (Å²) in [5.74, 6) is -0.261. The third-order valence-electron chi connectivity index (χ3n) is 2.58. The Labute approximate surface area is 134 Å². The summed E-state index contributed by atoms with van der Waals surface area (Å²) < 4.78 is 4.68. The molecule has 0 spiro atoms. The number of carbonyl (C=O) groups excluding carboxylic acids is 1. The fraction of sp³-hybridized carbons (Fsp3) is 0.368. The van der Waals surface area contributed by atoms with Crippen LogP contribution in [-0.2, 0) is 9.53 Å². The molecule has 1 aromatic rings. The van der Waals surface area contributed by atoms with Gasteiger partial charge in [-0.15, -0.1) is 0 Å². The van der Waals surface area contributed by atoms with Gasteiger partial charge in [0.2, 0.25) is 0 Å². The van der Waals surface area contributed by atoms with Gasteiger partial charge in [-0.2, -0.15) is 0 Å². The molecule has 0 aliphatic carbocycles. The van der Waals surface area contributed by atoms with Crippen LogP contribution in [0.4, 0.5) is 0 Å². The number of ether oxygens (including phenoxy) is 1. The number of rotatable bonds is 5. The van der Waals surface area contributed by atoms with Gasteiger partial charge in [0, 0.05) is 11.9 Å². The van der Waals surface area contributed by atoms with Crippen LogP contribution in [0.2, 0.25) is 0 Å². The number of carbonyl (C=O) groups is 1. The van der Waals surface area contributed by atoms with Gasteiger partial charge in [-0.25, -0.2) is 0 Å².